The third kappa shape index (κ3) is 4.48. The van der Waals surface area contributed by atoms with Gasteiger partial charge in [-0.05, 0) is 86.3 Å². The van der Waals surface area contributed by atoms with Crippen molar-refractivity contribution in [3.05, 3.63) is 66.0 Å². The first kappa shape index (κ1) is 22.3. The summed E-state index contributed by atoms with van der Waals surface area (Å²) in [7, 11) is 1.65. The molecule has 3 aromatic rings. The van der Waals surface area contributed by atoms with Crippen molar-refractivity contribution in [3.63, 3.8) is 0 Å². The molecule has 0 aliphatic carbocycles. The molecule has 1 unspecified atom stereocenters. The average molecular weight is 452 g/mol. The maximum atomic E-state index is 13.3. The Morgan fingerprint density at radius 2 is 1.91 bits per heavy atom. The van der Waals surface area contributed by atoms with Crippen LogP contribution in [-0.4, -0.2) is 34.5 Å². The van der Waals surface area contributed by atoms with Gasteiger partial charge in [0.05, 0.1) is 18.6 Å². The molecule has 2 aromatic carbocycles. The number of hydrogen-bond donors (Lipinski definition) is 0. The Balaban J connectivity index is 1.50. The van der Waals surface area contributed by atoms with E-state index in [1.165, 1.54) is 23.9 Å². The van der Waals surface area contributed by atoms with E-state index < -0.39 is 0 Å². The fourth-order valence-electron chi connectivity index (χ4n) is 4.38. The number of halogens is 1. The minimum atomic E-state index is -0.295. The quantitative estimate of drug-likeness (QED) is 0.466. The lowest BCUT2D eigenvalue weighted by Gasteiger charge is -2.46. The van der Waals surface area contributed by atoms with Crippen molar-refractivity contribution in [2.75, 3.05) is 17.8 Å². The van der Waals surface area contributed by atoms with Gasteiger partial charge in [-0.2, -0.15) is 0 Å². The zero-order valence-corrected chi connectivity index (χ0v) is 19.4. The van der Waals surface area contributed by atoms with E-state index >= 15 is 0 Å². The van der Waals surface area contributed by atoms with Crippen LogP contribution in [0, 0.1) is 5.82 Å². The van der Waals surface area contributed by atoms with Crippen LogP contribution in [0.3, 0.4) is 0 Å². The number of anilines is 1. The highest BCUT2D eigenvalue weighted by Gasteiger charge is 2.39. The number of thioether (sulfide) groups is 1. The van der Waals surface area contributed by atoms with E-state index in [0.717, 1.165) is 29.0 Å². The Morgan fingerprint density at radius 3 is 2.56 bits per heavy atom. The first-order chi connectivity index (χ1) is 15.3. The Labute approximate surface area is 192 Å². The monoisotopic (exact) mass is 451 g/mol. The molecule has 1 aliphatic rings. The smallest absolute Gasteiger partial charge is 0.237 e. The van der Waals surface area contributed by atoms with Gasteiger partial charge in [-0.1, -0.05) is 18.7 Å². The molecule has 0 saturated heterocycles. The molecule has 0 fully saturated rings. The molecule has 5 nitrogen and oxygen atoms in total. The van der Waals surface area contributed by atoms with Gasteiger partial charge in [0.1, 0.15) is 16.6 Å². The topological polar surface area (TPSA) is 55.3 Å². The Bertz CT molecular complexity index is 1120. The van der Waals surface area contributed by atoms with Crippen molar-refractivity contribution in [3.8, 4) is 17.0 Å². The summed E-state index contributed by atoms with van der Waals surface area (Å²) in [6.07, 6.45) is 0.871. The van der Waals surface area contributed by atoms with E-state index in [1.807, 2.05) is 35.2 Å². The predicted octanol–water partition coefficient (Wildman–Crippen LogP) is 5.70. The zero-order chi connectivity index (χ0) is 22.9. The molecule has 1 aromatic heterocycles. The Morgan fingerprint density at radius 1 is 1.16 bits per heavy atom. The normalized spacial score (nSPS) is 17.0. The molecule has 1 amide bonds. The zero-order valence-electron chi connectivity index (χ0n) is 18.6. The standard InChI is InChI=1S/C25H26FN3O2S/c1-16-14-25(2,3)29(22-11-9-19(31-4)13-20(16)22)24(30)15-32-23-12-10-21(27-28-23)17-5-7-18(26)8-6-17/h5-13,16H,14-15H2,1-4H3. The van der Waals surface area contributed by atoms with Gasteiger partial charge in [0, 0.05) is 16.8 Å². The van der Waals surface area contributed by atoms with E-state index in [4.69, 9.17) is 4.74 Å². The summed E-state index contributed by atoms with van der Waals surface area (Å²) in [6, 6.07) is 15.7. The van der Waals surface area contributed by atoms with Crippen LogP contribution in [0.15, 0.2) is 59.6 Å². The van der Waals surface area contributed by atoms with Gasteiger partial charge >= 0.3 is 0 Å². The van der Waals surface area contributed by atoms with Crippen LogP contribution in [0.2, 0.25) is 0 Å². The second-order valence-corrected chi connectivity index (χ2v) is 9.62. The SMILES string of the molecule is COc1ccc2c(c1)C(C)CC(C)(C)N2C(=O)CSc1ccc(-c2ccc(F)cc2)nn1. The summed E-state index contributed by atoms with van der Waals surface area (Å²) in [5.41, 5.74) is 3.23. The summed E-state index contributed by atoms with van der Waals surface area (Å²) in [5, 5.41) is 9.14. The molecule has 0 spiro atoms. The number of hydrogen-bond acceptors (Lipinski definition) is 5. The highest BCUT2D eigenvalue weighted by molar-refractivity contribution is 7.99. The van der Waals surface area contributed by atoms with E-state index in [0.29, 0.717) is 16.6 Å². The number of ether oxygens (including phenoxy) is 1. The fourth-order valence-corrected chi connectivity index (χ4v) is 5.04. The van der Waals surface area contributed by atoms with Crippen LogP contribution < -0.4 is 9.64 Å². The van der Waals surface area contributed by atoms with Crippen molar-refractivity contribution >= 4 is 23.4 Å². The van der Waals surface area contributed by atoms with Crippen molar-refractivity contribution < 1.29 is 13.9 Å². The molecule has 2 heterocycles. The van der Waals surface area contributed by atoms with E-state index in [-0.39, 0.29) is 23.0 Å². The van der Waals surface area contributed by atoms with Crippen molar-refractivity contribution in [2.24, 2.45) is 0 Å². The summed E-state index contributed by atoms with van der Waals surface area (Å²) in [6.45, 7) is 6.40. The van der Waals surface area contributed by atoms with Crippen LogP contribution in [0.1, 0.15) is 38.7 Å². The van der Waals surface area contributed by atoms with E-state index in [2.05, 4.69) is 31.0 Å². The average Bonchev–Trinajstić information content (AvgIpc) is 2.78. The molecular weight excluding hydrogens is 425 g/mol. The van der Waals surface area contributed by atoms with Crippen molar-refractivity contribution in [1.29, 1.82) is 0 Å². The lowest BCUT2D eigenvalue weighted by atomic mass is 9.80. The number of methoxy groups -OCH3 is 1. The van der Waals surface area contributed by atoms with Gasteiger partial charge in [0.2, 0.25) is 5.91 Å². The molecule has 32 heavy (non-hydrogen) atoms. The molecule has 0 radical (unpaired) electrons. The van der Waals surface area contributed by atoms with Crippen LogP contribution >= 0.6 is 11.8 Å². The van der Waals surface area contributed by atoms with Crippen LogP contribution in [0.25, 0.3) is 11.3 Å². The largest absolute Gasteiger partial charge is 0.497 e. The van der Waals surface area contributed by atoms with Crippen LogP contribution in [0.5, 0.6) is 5.75 Å². The van der Waals surface area contributed by atoms with Gasteiger partial charge in [-0.3, -0.25) is 4.79 Å². The van der Waals surface area contributed by atoms with E-state index in [9.17, 15) is 9.18 Å². The first-order valence-electron chi connectivity index (χ1n) is 10.5. The maximum Gasteiger partial charge on any atom is 0.237 e. The van der Waals surface area contributed by atoms with Crippen LogP contribution in [-0.2, 0) is 4.79 Å². The molecule has 1 aliphatic heterocycles. The number of amides is 1. The minimum Gasteiger partial charge on any atom is -0.497 e. The van der Waals surface area contributed by atoms with Gasteiger partial charge < -0.3 is 9.64 Å². The van der Waals surface area contributed by atoms with Crippen molar-refractivity contribution in [2.45, 2.75) is 43.7 Å². The predicted molar refractivity (Wildman–Crippen MR) is 126 cm³/mol. The van der Waals surface area contributed by atoms with Crippen molar-refractivity contribution in [1.82, 2.24) is 10.2 Å². The Kier molecular flexibility index (Phi) is 6.20. The highest BCUT2D eigenvalue weighted by atomic mass is 32.2. The second-order valence-electron chi connectivity index (χ2n) is 8.62. The summed E-state index contributed by atoms with van der Waals surface area (Å²) < 4.78 is 18.5. The molecule has 7 heteroatoms. The van der Waals surface area contributed by atoms with Gasteiger partial charge in [-0.15, -0.1) is 10.2 Å². The first-order valence-corrected chi connectivity index (χ1v) is 11.5. The molecule has 166 valence electrons. The number of fused-ring (bicyclic) bond motifs is 1. The number of carbonyl (C=O) groups excluding carboxylic acids is 1. The molecular formula is C25H26FN3O2S. The van der Waals surface area contributed by atoms with Gasteiger partial charge in [0.25, 0.3) is 0 Å². The lowest BCUT2D eigenvalue weighted by molar-refractivity contribution is -0.117. The summed E-state index contributed by atoms with van der Waals surface area (Å²) >= 11 is 1.36. The van der Waals surface area contributed by atoms with Crippen LogP contribution in [0.4, 0.5) is 10.1 Å². The number of aromatic nitrogens is 2. The third-order valence-corrected chi connectivity index (χ3v) is 6.70. The van der Waals surface area contributed by atoms with E-state index in [1.54, 1.807) is 19.2 Å². The summed E-state index contributed by atoms with van der Waals surface area (Å²) in [5.74, 6) is 1.13. The second kappa shape index (κ2) is 8.90. The van der Waals surface area contributed by atoms with Gasteiger partial charge in [0.15, 0.2) is 0 Å². The summed E-state index contributed by atoms with van der Waals surface area (Å²) in [4.78, 5) is 15.2. The number of rotatable bonds is 5. The molecule has 0 saturated carbocycles. The fraction of sp³-hybridized carbons (Fsp3) is 0.320. The molecule has 0 bridgehead atoms. The van der Waals surface area contributed by atoms with Gasteiger partial charge in [-0.25, -0.2) is 4.39 Å². The molecule has 4 rings (SSSR count). The maximum absolute atomic E-state index is 13.3. The number of benzene rings is 2. The third-order valence-electron chi connectivity index (χ3n) is 5.79. The Hall–Kier alpha value is -2.93. The highest BCUT2D eigenvalue weighted by Crippen LogP contribution is 2.45. The minimum absolute atomic E-state index is 0.0303. The lowest BCUT2D eigenvalue weighted by Crippen LogP contribution is -2.52. The molecule has 0 N–H and O–H groups in total. The number of nitrogens with zero attached hydrogens (tertiary/aromatic N) is 3. The number of carbonyl (C=O) groups is 1. The molecule has 1 atom stereocenters.